The van der Waals surface area contributed by atoms with Gasteiger partial charge in [0.05, 0.1) is 30.1 Å². The van der Waals surface area contributed by atoms with Crippen molar-refractivity contribution in [3.05, 3.63) is 23.3 Å². The minimum atomic E-state index is -0.711. The number of carbonyl (C=O) groups is 4. The smallest absolute Gasteiger partial charge is 0.311 e. The molecule has 0 aromatic carbocycles. The quantitative estimate of drug-likeness (QED) is 0.233. The number of methoxy groups -OCH3 is 1. The van der Waals surface area contributed by atoms with E-state index in [1.54, 1.807) is 0 Å². The highest BCUT2D eigenvalue weighted by Gasteiger charge is 2.72. The molecule has 69 heavy (non-hydrogen) atoms. The molecule has 386 valence electrons. The van der Waals surface area contributed by atoms with Crippen LogP contribution >= 0.6 is 0 Å². The van der Waals surface area contributed by atoms with Gasteiger partial charge in [-0.25, -0.2) is 0 Å². The fourth-order valence-electron chi connectivity index (χ4n) is 21.0. The van der Waals surface area contributed by atoms with Crippen LogP contribution in [0.5, 0.6) is 0 Å². The van der Waals surface area contributed by atoms with E-state index < -0.39 is 16.8 Å². The molecule has 0 bridgehead atoms. The predicted molar refractivity (Wildman–Crippen MR) is 271 cm³/mol. The molecular weight excluding hydrogens is 861 g/mol. The second-order valence-electron chi connectivity index (χ2n) is 30.1. The summed E-state index contributed by atoms with van der Waals surface area (Å²) in [7, 11) is 1.50. The zero-order valence-electron chi connectivity index (χ0n) is 45.9. The number of rotatable bonds is 2. The van der Waals surface area contributed by atoms with Crippen molar-refractivity contribution in [3.63, 3.8) is 0 Å². The topological polar surface area (TPSA) is 138 Å². The van der Waals surface area contributed by atoms with E-state index in [1.807, 2.05) is 13.0 Å². The van der Waals surface area contributed by atoms with Crippen molar-refractivity contribution >= 4 is 23.5 Å². The number of aliphatic hydroxyl groups is 2. The minimum absolute atomic E-state index is 0.00536. The van der Waals surface area contributed by atoms with Crippen LogP contribution in [0.15, 0.2) is 23.3 Å². The molecule has 0 saturated heterocycles. The van der Waals surface area contributed by atoms with Gasteiger partial charge in [0, 0.05) is 11.8 Å². The van der Waals surface area contributed by atoms with Gasteiger partial charge in [0.25, 0.3) is 0 Å². The Labute approximate surface area is 416 Å². The molecule has 8 saturated carbocycles. The lowest BCUT2D eigenvalue weighted by molar-refractivity contribution is -0.202. The van der Waals surface area contributed by atoms with E-state index in [0.29, 0.717) is 24.0 Å². The molecule has 10 aliphatic carbocycles. The highest BCUT2D eigenvalue weighted by molar-refractivity contribution is 5.96. The molecule has 0 heterocycles. The maximum Gasteiger partial charge on any atom is 0.311 e. The van der Waals surface area contributed by atoms with Crippen LogP contribution < -0.4 is 0 Å². The zero-order chi connectivity index (χ0) is 50.9. The van der Waals surface area contributed by atoms with E-state index in [9.17, 15) is 34.5 Å². The lowest BCUT2D eigenvalue weighted by Gasteiger charge is -2.70. The van der Waals surface area contributed by atoms with Crippen molar-refractivity contribution in [1.29, 1.82) is 0 Å². The first-order valence-corrected chi connectivity index (χ1v) is 27.8. The number of aliphatic hydroxyl groups excluding tert-OH is 2. The van der Waals surface area contributed by atoms with Crippen molar-refractivity contribution < 1.29 is 39.2 Å². The van der Waals surface area contributed by atoms with E-state index in [-0.39, 0.29) is 102 Å². The summed E-state index contributed by atoms with van der Waals surface area (Å²) in [6.07, 6.45) is 20.5. The van der Waals surface area contributed by atoms with Crippen molar-refractivity contribution in [2.75, 3.05) is 7.11 Å². The average Bonchev–Trinajstić information content (AvgIpc) is 3.26. The number of carboxylic acids is 1. The predicted octanol–water partition coefficient (Wildman–Crippen LogP) is 12.9. The molecule has 0 aliphatic heterocycles. The van der Waals surface area contributed by atoms with Crippen LogP contribution in [0.3, 0.4) is 0 Å². The van der Waals surface area contributed by atoms with E-state index >= 15 is 0 Å². The Morgan fingerprint density at radius 1 is 0.507 bits per heavy atom. The van der Waals surface area contributed by atoms with Crippen LogP contribution in [0.25, 0.3) is 0 Å². The van der Waals surface area contributed by atoms with Crippen LogP contribution in [0, 0.1) is 100 Å². The number of hydrogen-bond acceptors (Lipinski definition) is 7. The molecule has 8 fully saturated rings. The van der Waals surface area contributed by atoms with Crippen LogP contribution in [-0.4, -0.2) is 58.1 Å². The maximum absolute atomic E-state index is 14.3. The van der Waals surface area contributed by atoms with Crippen LogP contribution in [0.1, 0.15) is 213 Å². The molecule has 0 spiro atoms. The molecule has 0 unspecified atom stereocenters. The first kappa shape index (κ1) is 51.6. The number of allylic oxidation sites excluding steroid dienone is 4. The van der Waals surface area contributed by atoms with Gasteiger partial charge < -0.3 is 20.1 Å². The highest BCUT2D eigenvalue weighted by Crippen LogP contribution is 2.77. The van der Waals surface area contributed by atoms with Crippen molar-refractivity contribution in [2.45, 2.75) is 225 Å². The number of ether oxygens (including phenoxy) is 1. The second-order valence-corrected chi connectivity index (χ2v) is 30.1. The summed E-state index contributed by atoms with van der Waals surface area (Å²) in [5.74, 6) is 0.865. The number of esters is 1. The van der Waals surface area contributed by atoms with Crippen molar-refractivity contribution in [1.82, 2.24) is 0 Å². The summed E-state index contributed by atoms with van der Waals surface area (Å²) in [6.45, 7) is 32.0. The molecule has 3 N–H and O–H groups in total. The Kier molecular flexibility index (Phi) is 11.7. The Morgan fingerprint density at radius 3 is 1.25 bits per heavy atom. The molecule has 10 aliphatic rings. The number of aliphatic carboxylic acids is 1. The lowest BCUT2D eigenvalue weighted by atomic mass is 9.33. The molecule has 10 rings (SSSR count). The Bertz CT molecular complexity index is 2260. The Balaban J connectivity index is 0.000000172. The molecule has 8 nitrogen and oxygen atoms in total. The van der Waals surface area contributed by atoms with Gasteiger partial charge in [0.2, 0.25) is 0 Å². The number of carbonyl (C=O) groups excluding carboxylic acids is 3. The molecular formula is C61H94O8. The van der Waals surface area contributed by atoms with E-state index in [2.05, 4.69) is 96.1 Å². The number of hydrogen-bond donors (Lipinski definition) is 3. The van der Waals surface area contributed by atoms with Crippen molar-refractivity contribution in [2.24, 2.45) is 100 Å². The molecule has 0 aromatic heterocycles. The normalized spacial score (nSPS) is 53.5. The fourth-order valence-corrected chi connectivity index (χ4v) is 21.0. The van der Waals surface area contributed by atoms with Gasteiger partial charge >= 0.3 is 11.9 Å². The van der Waals surface area contributed by atoms with Gasteiger partial charge in [-0.1, -0.05) is 94.2 Å². The third kappa shape index (κ3) is 6.68. The fraction of sp³-hybridized carbons (Fsp3) is 0.869. The number of carboxylic acid groups (broad SMARTS) is 1. The molecule has 8 heteroatoms. The van der Waals surface area contributed by atoms with Crippen LogP contribution in [0.4, 0.5) is 0 Å². The maximum atomic E-state index is 14.3. The molecule has 0 amide bonds. The molecule has 0 radical (unpaired) electrons. The summed E-state index contributed by atoms with van der Waals surface area (Å²) < 4.78 is 5.25. The van der Waals surface area contributed by atoms with E-state index in [0.717, 1.165) is 109 Å². The summed E-state index contributed by atoms with van der Waals surface area (Å²) in [4.78, 5) is 53.5. The third-order valence-corrected chi connectivity index (χ3v) is 26.3. The van der Waals surface area contributed by atoms with E-state index in [4.69, 9.17) is 4.74 Å². The van der Waals surface area contributed by atoms with Gasteiger partial charge in [0.1, 0.15) is 0 Å². The number of fused-ring (bicyclic) bond motifs is 14. The largest absolute Gasteiger partial charge is 0.481 e. The first-order chi connectivity index (χ1) is 31.6. The monoisotopic (exact) mass is 955 g/mol. The van der Waals surface area contributed by atoms with Crippen LogP contribution in [-0.2, 0) is 23.9 Å². The van der Waals surface area contributed by atoms with Gasteiger partial charge in [-0.3, -0.25) is 19.2 Å². The minimum Gasteiger partial charge on any atom is -0.481 e. The van der Waals surface area contributed by atoms with Crippen molar-refractivity contribution in [3.8, 4) is 0 Å². The Morgan fingerprint density at radius 2 is 0.870 bits per heavy atom. The van der Waals surface area contributed by atoms with Gasteiger partial charge in [-0.05, 0) is 219 Å². The van der Waals surface area contributed by atoms with E-state index in [1.165, 1.54) is 18.3 Å². The lowest BCUT2D eigenvalue weighted by Crippen LogP contribution is -2.66. The Hall–Kier alpha value is -2.32. The van der Waals surface area contributed by atoms with Gasteiger partial charge in [-0.15, -0.1) is 0 Å². The average molecular weight is 955 g/mol. The molecule has 18 atom stereocenters. The standard InChI is InChI=1S/C31H48O4.C30H46O4/c1-26(2)22-9-12-31(7)24(29(22,5)11-10-23(26)33)21(32)17-19-20-18-28(4,25(34)35-8)14-13-27(20,3)15-16-30(19,31)6;1-25(2)21-8-11-30(7)23(28(21,5)10-9-22(25)32)20(31)16-18-19-17-27(4,24(33)34)13-12-26(19,3)14-15-29(18,30)6/h17,20,22-24,33H,9-16,18H2,1-8H3;16,19,21-23,32H,8-15,17H2,1-7H3,(H,33,34)/t20-,22-,23-,24+,27+,28-,29-,30+,31+;19-,21-,22-,23+,26+,27-,28-,29+,30+/m00/s1. The highest BCUT2D eigenvalue weighted by atomic mass is 16.5. The number of ketones is 2. The third-order valence-electron chi connectivity index (χ3n) is 26.3. The van der Waals surface area contributed by atoms with Gasteiger partial charge in [0.15, 0.2) is 11.6 Å². The summed E-state index contributed by atoms with van der Waals surface area (Å²) in [5, 5.41) is 31.8. The SMILES string of the molecule is CC1(C)[C@@H](O)CC[C@]2(C)[C@H]3C(=O)C=C4[C@@H]5C[C@@](C)(C(=O)O)CC[C@]5(C)CC[C@@]4(C)[C@]3(C)CC[C@@H]12.COC(=O)[C@@]1(C)CC[C@]2(C)CC[C@]3(C)C(=CC(=O)[C@@H]4[C@@]5(C)CC[C@H](O)C(C)(C)[C@@H]5CC[C@]43C)[C@@H]2C1. The van der Waals surface area contributed by atoms with Gasteiger partial charge in [-0.2, -0.15) is 0 Å². The summed E-state index contributed by atoms with van der Waals surface area (Å²) in [6, 6.07) is 0. The first-order valence-electron chi connectivity index (χ1n) is 27.8. The zero-order valence-corrected chi connectivity index (χ0v) is 45.9. The second kappa shape index (κ2) is 15.6. The van der Waals surface area contributed by atoms with Crippen LogP contribution in [0.2, 0.25) is 0 Å². The molecule has 0 aromatic rings. The summed E-state index contributed by atoms with van der Waals surface area (Å²) in [5.41, 5.74) is 0.732. The summed E-state index contributed by atoms with van der Waals surface area (Å²) >= 11 is 0.